The summed E-state index contributed by atoms with van der Waals surface area (Å²) in [6.07, 6.45) is 2.64. The summed E-state index contributed by atoms with van der Waals surface area (Å²) in [6.45, 7) is 0.805. The van der Waals surface area contributed by atoms with E-state index in [-0.39, 0.29) is 13.2 Å². The molecule has 0 aliphatic carbocycles. The first kappa shape index (κ1) is 13.8. The molecule has 0 radical (unpaired) electrons. The minimum Gasteiger partial charge on any atom is -0.493 e. The second-order valence-corrected chi connectivity index (χ2v) is 3.78. The molecule has 0 aromatic heterocycles. The fraction of sp³-hybridized carbons (Fsp3) is 0.538. The topological polar surface area (TPSA) is 58.9 Å². The average molecular weight is 240 g/mol. The van der Waals surface area contributed by atoms with E-state index in [9.17, 15) is 0 Å². The van der Waals surface area contributed by atoms with Crippen LogP contribution in [0.1, 0.15) is 24.8 Å². The van der Waals surface area contributed by atoms with Crippen molar-refractivity contribution in [2.45, 2.75) is 25.9 Å². The zero-order valence-electron chi connectivity index (χ0n) is 10.2. The molecule has 1 aromatic rings. The fourth-order valence-electron chi connectivity index (χ4n) is 1.51. The number of hydrogen-bond acceptors (Lipinski definition) is 4. The first-order valence-electron chi connectivity index (χ1n) is 5.83. The molecule has 1 rings (SSSR count). The van der Waals surface area contributed by atoms with Gasteiger partial charge in [-0.3, -0.25) is 0 Å². The summed E-state index contributed by atoms with van der Waals surface area (Å²) < 4.78 is 10.8. The Morgan fingerprint density at radius 2 is 1.88 bits per heavy atom. The van der Waals surface area contributed by atoms with E-state index in [0.29, 0.717) is 18.1 Å². The van der Waals surface area contributed by atoms with E-state index in [1.807, 2.05) is 0 Å². The van der Waals surface area contributed by atoms with E-state index < -0.39 is 0 Å². The third-order valence-corrected chi connectivity index (χ3v) is 2.47. The molecular formula is C13H20O4. The van der Waals surface area contributed by atoms with Crippen molar-refractivity contribution in [1.29, 1.82) is 0 Å². The van der Waals surface area contributed by atoms with Crippen molar-refractivity contribution in [3.63, 3.8) is 0 Å². The van der Waals surface area contributed by atoms with Gasteiger partial charge >= 0.3 is 0 Å². The molecule has 0 heterocycles. The van der Waals surface area contributed by atoms with Gasteiger partial charge in [0.2, 0.25) is 0 Å². The number of methoxy groups -OCH3 is 1. The molecule has 0 amide bonds. The van der Waals surface area contributed by atoms with Gasteiger partial charge in [0.15, 0.2) is 11.5 Å². The fourth-order valence-corrected chi connectivity index (χ4v) is 1.51. The maximum atomic E-state index is 9.04. The molecule has 0 aliphatic rings. The molecule has 4 heteroatoms. The molecular weight excluding hydrogens is 220 g/mol. The summed E-state index contributed by atoms with van der Waals surface area (Å²) in [5.74, 6) is 1.33. The van der Waals surface area contributed by atoms with Crippen LogP contribution in [0.25, 0.3) is 0 Å². The minimum absolute atomic E-state index is 0.00906. The van der Waals surface area contributed by atoms with Gasteiger partial charge in [0.1, 0.15) is 0 Å². The SMILES string of the molecule is COc1ccc(CO)cc1OCCCCCO. The van der Waals surface area contributed by atoms with E-state index in [4.69, 9.17) is 19.7 Å². The zero-order chi connectivity index (χ0) is 12.5. The summed E-state index contributed by atoms with van der Waals surface area (Å²) in [5.41, 5.74) is 0.802. The van der Waals surface area contributed by atoms with E-state index >= 15 is 0 Å². The Labute approximate surface area is 102 Å². The molecule has 2 N–H and O–H groups in total. The Kier molecular flexibility index (Phi) is 6.43. The van der Waals surface area contributed by atoms with Gasteiger partial charge in [0.05, 0.1) is 20.3 Å². The van der Waals surface area contributed by atoms with Crippen LogP contribution in [0.5, 0.6) is 11.5 Å². The first-order valence-corrected chi connectivity index (χ1v) is 5.83. The molecule has 1 aromatic carbocycles. The van der Waals surface area contributed by atoms with Gasteiger partial charge in [-0.15, -0.1) is 0 Å². The van der Waals surface area contributed by atoms with Gasteiger partial charge in [-0.05, 0) is 37.0 Å². The molecule has 0 spiro atoms. The Morgan fingerprint density at radius 1 is 1.06 bits per heavy atom. The highest BCUT2D eigenvalue weighted by atomic mass is 16.5. The van der Waals surface area contributed by atoms with Crippen LogP contribution >= 0.6 is 0 Å². The number of hydrogen-bond donors (Lipinski definition) is 2. The Hall–Kier alpha value is -1.26. The van der Waals surface area contributed by atoms with Crippen LogP contribution in [0.15, 0.2) is 18.2 Å². The maximum Gasteiger partial charge on any atom is 0.161 e. The van der Waals surface area contributed by atoms with Crippen molar-refractivity contribution in [2.75, 3.05) is 20.3 Å². The lowest BCUT2D eigenvalue weighted by molar-refractivity contribution is 0.258. The molecule has 0 atom stereocenters. The summed E-state index contributed by atoms with van der Waals surface area (Å²) in [4.78, 5) is 0. The van der Waals surface area contributed by atoms with Crippen LogP contribution < -0.4 is 9.47 Å². The molecule has 0 aliphatic heterocycles. The molecule has 0 saturated heterocycles. The third kappa shape index (κ3) is 4.63. The van der Waals surface area contributed by atoms with Crippen LogP contribution in [0.2, 0.25) is 0 Å². The number of ether oxygens (including phenoxy) is 2. The molecule has 17 heavy (non-hydrogen) atoms. The lowest BCUT2D eigenvalue weighted by Crippen LogP contribution is -2.00. The summed E-state index contributed by atoms with van der Waals surface area (Å²) in [7, 11) is 1.59. The summed E-state index contributed by atoms with van der Waals surface area (Å²) >= 11 is 0. The van der Waals surface area contributed by atoms with Crippen LogP contribution in [0.4, 0.5) is 0 Å². The molecule has 0 fully saturated rings. The highest BCUT2D eigenvalue weighted by Crippen LogP contribution is 2.28. The molecule has 0 unspecified atom stereocenters. The van der Waals surface area contributed by atoms with Crippen LogP contribution in [0, 0.1) is 0 Å². The standard InChI is InChI=1S/C13H20O4/c1-16-12-6-5-11(10-15)9-13(12)17-8-4-2-3-7-14/h5-6,9,14-15H,2-4,7-8,10H2,1H3. The number of aliphatic hydroxyl groups excluding tert-OH is 2. The van der Waals surface area contributed by atoms with Crippen molar-refractivity contribution in [1.82, 2.24) is 0 Å². The quantitative estimate of drug-likeness (QED) is 0.679. The van der Waals surface area contributed by atoms with Crippen LogP contribution in [0.3, 0.4) is 0 Å². The first-order chi connectivity index (χ1) is 8.31. The van der Waals surface area contributed by atoms with Crippen molar-refractivity contribution in [3.05, 3.63) is 23.8 Å². The summed E-state index contributed by atoms with van der Waals surface area (Å²) in [6, 6.07) is 5.37. The van der Waals surface area contributed by atoms with E-state index in [1.54, 1.807) is 25.3 Å². The third-order valence-electron chi connectivity index (χ3n) is 2.47. The van der Waals surface area contributed by atoms with Crippen molar-refractivity contribution in [2.24, 2.45) is 0 Å². The monoisotopic (exact) mass is 240 g/mol. The Balaban J connectivity index is 2.49. The maximum absolute atomic E-state index is 9.04. The zero-order valence-corrected chi connectivity index (χ0v) is 10.2. The van der Waals surface area contributed by atoms with Gasteiger partial charge in [0.25, 0.3) is 0 Å². The van der Waals surface area contributed by atoms with E-state index in [0.717, 1.165) is 24.8 Å². The lowest BCUT2D eigenvalue weighted by atomic mass is 10.2. The Morgan fingerprint density at radius 3 is 2.53 bits per heavy atom. The van der Waals surface area contributed by atoms with Crippen molar-refractivity contribution < 1.29 is 19.7 Å². The van der Waals surface area contributed by atoms with Gasteiger partial charge in [-0.25, -0.2) is 0 Å². The molecule has 0 bridgehead atoms. The van der Waals surface area contributed by atoms with E-state index in [1.165, 1.54) is 0 Å². The van der Waals surface area contributed by atoms with Crippen LogP contribution in [-0.2, 0) is 6.61 Å². The minimum atomic E-state index is -0.00906. The number of benzene rings is 1. The van der Waals surface area contributed by atoms with Gasteiger partial charge in [0, 0.05) is 6.61 Å². The normalized spacial score (nSPS) is 10.3. The highest BCUT2D eigenvalue weighted by Gasteiger charge is 2.05. The molecule has 0 saturated carbocycles. The van der Waals surface area contributed by atoms with Crippen molar-refractivity contribution in [3.8, 4) is 11.5 Å². The van der Waals surface area contributed by atoms with Gasteiger partial charge in [-0.1, -0.05) is 6.07 Å². The Bertz CT molecular complexity index is 325. The number of rotatable bonds is 8. The second-order valence-electron chi connectivity index (χ2n) is 3.78. The molecule has 4 nitrogen and oxygen atoms in total. The molecule has 96 valence electrons. The van der Waals surface area contributed by atoms with Crippen molar-refractivity contribution >= 4 is 0 Å². The predicted molar refractivity (Wildman–Crippen MR) is 65.3 cm³/mol. The lowest BCUT2D eigenvalue weighted by Gasteiger charge is -2.11. The predicted octanol–water partition coefficient (Wildman–Crippen LogP) is 1.73. The number of unbranched alkanes of at least 4 members (excludes halogenated alkanes) is 2. The van der Waals surface area contributed by atoms with Gasteiger partial charge < -0.3 is 19.7 Å². The van der Waals surface area contributed by atoms with Crippen LogP contribution in [-0.4, -0.2) is 30.5 Å². The van der Waals surface area contributed by atoms with Gasteiger partial charge in [-0.2, -0.15) is 0 Å². The average Bonchev–Trinajstić information content (AvgIpc) is 2.38. The second kappa shape index (κ2) is 7.92. The number of aliphatic hydroxyl groups is 2. The smallest absolute Gasteiger partial charge is 0.161 e. The highest BCUT2D eigenvalue weighted by molar-refractivity contribution is 5.42. The summed E-state index contributed by atoms with van der Waals surface area (Å²) in [5, 5.41) is 17.7. The van der Waals surface area contributed by atoms with E-state index in [2.05, 4.69) is 0 Å². The largest absolute Gasteiger partial charge is 0.493 e.